The Kier molecular flexibility index (Phi) is 7.41. The molecule has 1 unspecified atom stereocenters. The van der Waals surface area contributed by atoms with Gasteiger partial charge in [-0.05, 0) is 25.3 Å². The van der Waals surface area contributed by atoms with E-state index in [9.17, 15) is 4.79 Å². The summed E-state index contributed by atoms with van der Waals surface area (Å²) < 4.78 is 10.8. The van der Waals surface area contributed by atoms with Crippen molar-refractivity contribution in [1.29, 1.82) is 0 Å². The van der Waals surface area contributed by atoms with Crippen LogP contribution in [0.1, 0.15) is 19.3 Å². The van der Waals surface area contributed by atoms with E-state index in [0.29, 0.717) is 6.73 Å². The highest BCUT2D eigenvalue weighted by Gasteiger charge is 2.15. The molecular weight excluding hydrogens is 260 g/mol. The van der Waals surface area contributed by atoms with Crippen LogP contribution in [-0.4, -0.2) is 46.7 Å². The number of carbonyl (C=O) groups is 1. The van der Waals surface area contributed by atoms with E-state index < -0.39 is 8.07 Å². The zero-order chi connectivity index (χ0) is 14.1. The zero-order valence-corrected chi connectivity index (χ0v) is 13.5. The van der Waals surface area contributed by atoms with Crippen molar-refractivity contribution in [2.24, 2.45) is 0 Å². The summed E-state index contributed by atoms with van der Waals surface area (Å²) in [5, 5.41) is 5.70. The highest BCUT2D eigenvalue weighted by Crippen LogP contribution is 2.08. The first-order chi connectivity index (χ1) is 8.97. The summed E-state index contributed by atoms with van der Waals surface area (Å²) in [7, 11) is -1.04. The fraction of sp³-hybridized carbons (Fsp3) is 0.923. The van der Waals surface area contributed by atoms with E-state index in [1.54, 1.807) is 0 Å². The molecule has 1 rings (SSSR count). The summed E-state index contributed by atoms with van der Waals surface area (Å²) >= 11 is 0. The first kappa shape index (κ1) is 16.5. The van der Waals surface area contributed by atoms with Gasteiger partial charge < -0.3 is 20.1 Å². The van der Waals surface area contributed by atoms with Crippen molar-refractivity contribution in [1.82, 2.24) is 10.6 Å². The molecule has 1 heterocycles. The van der Waals surface area contributed by atoms with Crippen molar-refractivity contribution in [3.63, 3.8) is 0 Å². The van der Waals surface area contributed by atoms with Gasteiger partial charge in [0, 0.05) is 33.9 Å². The van der Waals surface area contributed by atoms with Gasteiger partial charge in [0.05, 0.1) is 0 Å². The number of carbonyl (C=O) groups excluding carboxylic acids is 1. The number of urea groups is 1. The van der Waals surface area contributed by atoms with Crippen molar-refractivity contribution in [2.45, 2.75) is 51.0 Å². The standard InChI is InChI=1S/C13H28N2O3Si/c1-19(2,3)10-9-18-11-14-13(16)15-12-5-4-7-17-8-6-12/h12H,4-11H2,1-3H3,(H2,14,15,16). The molecule has 0 aliphatic carbocycles. The average molecular weight is 288 g/mol. The lowest BCUT2D eigenvalue weighted by atomic mass is 10.1. The molecule has 6 heteroatoms. The van der Waals surface area contributed by atoms with Crippen LogP contribution in [0.5, 0.6) is 0 Å². The molecule has 0 aromatic carbocycles. The topological polar surface area (TPSA) is 59.6 Å². The quantitative estimate of drug-likeness (QED) is 0.447. The van der Waals surface area contributed by atoms with Crippen molar-refractivity contribution in [3.05, 3.63) is 0 Å². The maximum atomic E-state index is 11.6. The molecule has 0 aromatic rings. The fourth-order valence-electron chi connectivity index (χ4n) is 1.85. The van der Waals surface area contributed by atoms with Gasteiger partial charge >= 0.3 is 6.03 Å². The third-order valence-corrected chi connectivity index (χ3v) is 4.82. The van der Waals surface area contributed by atoms with Crippen molar-refractivity contribution in [3.8, 4) is 0 Å². The molecule has 0 spiro atoms. The third kappa shape index (κ3) is 9.02. The normalized spacial score (nSPS) is 20.7. The summed E-state index contributed by atoms with van der Waals surface area (Å²) in [5.74, 6) is 0. The summed E-state index contributed by atoms with van der Waals surface area (Å²) in [5.41, 5.74) is 0. The van der Waals surface area contributed by atoms with Gasteiger partial charge in [-0.1, -0.05) is 19.6 Å². The molecule has 0 bridgehead atoms. The predicted octanol–water partition coefficient (Wildman–Crippen LogP) is 2.17. The number of amides is 2. The van der Waals surface area contributed by atoms with Crippen molar-refractivity contribution in [2.75, 3.05) is 26.6 Å². The van der Waals surface area contributed by atoms with Crippen molar-refractivity contribution >= 4 is 14.1 Å². The van der Waals surface area contributed by atoms with E-state index in [4.69, 9.17) is 9.47 Å². The van der Waals surface area contributed by atoms with Gasteiger partial charge in [0.2, 0.25) is 0 Å². The average Bonchev–Trinajstić information content (AvgIpc) is 2.55. The molecule has 5 nitrogen and oxygen atoms in total. The Morgan fingerprint density at radius 1 is 1.32 bits per heavy atom. The maximum Gasteiger partial charge on any atom is 0.316 e. The van der Waals surface area contributed by atoms with E-state index in [-0.39, 0.29) is 12.1 Å². The monoisotopic (exact) mass is 288 g/mol. The summed E-state index contributed by atoms with van der Waals surface area (Å²) in [6, 6.07) is 1.21. The molecule has 1 aliphatic heterocycles. The molecule has 1 aliphatic rings. The van der Waals surface area contributed by atoms with Crippen LogP contribution in [0.2, 0.25) is 25.7 Å². The van der Waals surface area contributed by atoms with Gasteiger partial charge in [0.15, 0.2) is 0 Å². The van der Waals surface area contributed by atoms with Gasteiger partial charge in [0.25, 0.3) is 0 Å². The van der Waals surface area contributed by atoms with E-state index in [2.05, 4.69) is 30.3 Å². The van der Waals surface area contributed by atoms with Crippen LogP contribution >= 0.6 is 0 Å². The lowest BCUT2D eigenvalue weighted by Gasteiger charge is -2.17. The highest BCUT2D eigenvalue weighted by atomic mass is 28.3. The molecule has 1 saturated heterocycles. The Morgan fingerprint density at radius 2 is 2.11 bits per heavy atom. The van der Waals surface area contributed by atoms with Crippen LogP contribution in [0.15, 0.2) is 0 Å². The predicted molar refractivity (Wildman–Crippen MR) is 79.1 cm³/mol. The first-order valence-corrected chi connectivity index (χ1v) is 10.9. The second kappa shape index (κ2) is 8.55. The number of nitrogens with one attached hydrogen (secondary N) is 2. The summed E-state index contributed by atoms with van der Waals surface area (Å²) in [6.07, 6.45) is 2.89. The molecule has 0 aromatic heterocycles. The molecule has 19 heavy (non-hydrogen) atoms. The maximum absolute atomic E-state index is 11.6. The Morgan fingerprint density at radius 3 is 2.84 bits per heavy atom. The molecule has 2 amide bonds. The Balaban J connectivity index is 2.04. The first-order valence-electron chi connectivity index (χ1n) is 7.17. The van der Waals surface area contributed by atoms with Crippen LogP contribution in [0.4, 0.5) is 4.79 Å². The van der Waals surface area contributed by atoms with Crippen LogP contribution in [0.25, 0.3) is 0 Å². The molecule has 0 saturated carbocycles. The minimum atomic E-state index is -1.04. The molecule has 2 N–H and O–H groups in total. The van der Waals surface area contributed by atoms with Gasteiger partial charge in [-0.2, -0.15) is 0 Å². The van der Waals surface area contributed by atoms with Crippen LogP contribution in [0.3, 0.4) is 0 Å². The second-order valence-electron chi connectivity index (χ2n) is 6.25. The van der Waals surface area contributed by atoms with Gasteiger partial charge in [0.1, 0.15) is 6.73 Å². The van der Waals surface area contributed by atoms with Gasteiger partial charge in [-0.3, -0.25) is 0 Å². The van der Waals surface area contributed by atoms with Crippen molar-refractivity contribution < 1.29 is 14.3 Å². The van der Waals surface area contributed by atoms with Crippen LogP contribution in [0, 0.1) is 0 Å². The lowest BCUT2D eigenvalue weighted by molar-refractivity contribution is 0.129. The largest absolute Gasteiger partial charge is 0.381 e. The molecule has 0 radical (unpaired) electrons. The van der Waals surface area contributed by atoms with Gasteiger partial charge in [-0.15, -0.1) is 0 Å². The number of hydrogen-bond donors (Lipinski definition) is 2. The van der Waals surface area contributed by atoms with Crippen LogP contribution in [-0.2, 0) is 9.47 Å². The fourth-order valence-corrected chi connectivity index (χ4v) is 2.61. The van der Waals surface area contributed by atoms with E-state index >= 15 is 0 Å². The number of ether oxygens (including phenoxy) is 2. The minimum absolute atomic E-state index is 0.139. The molecular formula is C13H28N2O3Si. The summed E-state index contributed by atoms with van der Waals surface area (Å²) in [6.45, 7) is 9.49. The Hall–Kier alpha value is -0.593. The van der Waals surface area contributed by atoms with E-state index in [1.165, 1.54) is 0 Å². The van der Waals surface area contributed by atoms with Crippen LogP contribution < -0.4 is 10.6 Å². The van der Waals surface area contributed by atoms with E-state index in [1.807, 2.05) is 0 Å². The lowest BCUT2D eigenvalue weighted by Crippen LogP contribution is -2.43. The minimum Gasteiger partial charge on any atom is -0.381 e. The second-order valence-corrected chi connectivity index (χ2v) is 11.9. The Bertz CT molecular complexity index is 261. The van der Waals surface area contributed by atoms with E-state index in [0.717, 1.165) is 45.1 Å². The molecule has 112 valence electrons. The highest BCUT2D eigenvalue weighted by molar-refractivity contribution is 6.76. The number of hydrogen-bond acceptors (Lipinski definition) is 3. The third-order valence-electron chi connectivity index (χ3n) is 3.12. The smallest absolute Gasteiger partial charge is 0.316 e. The number of rotatable bonds is 6. The molecule has 1 atom stereocenters. The Labute approximate surface area is 117 Å². The zero-order valence-electron chi connectivity index (χ0n) is 12.5. The van der Waals surface area contributed by atoms with Gasteiger partial charge in [-0.25, -0.2) is 4.79 Å². The summed E-state index contributed by atoms with van der Waals surface area (Å²) in [4.78, 5) is 11.6. The molecule has 1 fully saturated rings. The SMILES string of the molecule is C[Si](C)(C)CCOCNC(=O)NC1CCCOCC1.